The molecule has 1 aromatic heterocycles. The molecule has 2 aromatic rings. The van der Waals surface area contributed by atoms with Crippen molar-refractivity contribution in [2.24, 2.45) is 5.14 Å². The first-order chi connectivity index (χ1) is 13.6. The first kappa shape index (κ1) is 21.4. The van der Waals surface area contributed by atoms with Crippen molar-refractivity contribution >= 4 is 21.6 Å². The number of primary sulfonamides is 1. The van der Waals surface area contributed by atoms with Crippen LogP contribution >= 0.6 is 0 Å². The van der Waals surface area contributed by atoms with Crippen LogP contribution in [0, 0.1) is 20.8 Å². The third-order valence-corrected chi connectivity index (χ3v) is 6.03. The summed E-state index contributed by atoms with van der Waals surface area (Å²) in [5.74, 6) is 0.618. The van der Waals surface area contributed by atoms with E-state index in [2.05, 4.69) is 20.3 Å². The Balaban J connectivity index is 1.55. The third-order valence-electron chi connectivity index (χ3n) is 5.14. The van der Waals surface area contributed by atoms with Gasteiger partial charge in [-0.1, -0.05) is 5.16 Å². The number of nitrogens with one attached hydrogen (secondary N) is 1. The number of aromatic nitrogens is 1. The maximum absolute atomic E-state index is 12.5. The van der Waals surface area contributed by atoms with Crippen LogP contribution in [0.5, 0.6) is 0 Å². The normalized spacial score (nSPS) is 16.1. The topological polar surface area (TPSA) is 122 Å². The molecule has 1 saturated heterocycles. The number of anilines is 1. The molecule has 9 nitrogen and oxygen atoms in total. The summed E-state index contributed by atoms with van der Waals surface area (Å²) in [6.07, 6.45) is 0. The number of carbonyl (C=O) groups excluding carboxylic acids is 1. The zero-order valence-corrected chi connectivity index (χ0v) is 17.8. The molecule has 1 amide bonds. The van der Waals surface area contributed by atoms with Gasteiger partial charge < -0.3 is 9.84 Å². The minimum absolute atomic E-state index is 0.00685. The van der Waals surface area contributed by atoms with Crippen LogP contribution in [0.25, 0.3) is 0 Å². The van der Waals surface area contributed by atoms with E-state index in [9.17, 15) is 13.2 Å². The number of hydrogen-bond acceptors (Lipinski definition) is 7. The molecule has 0 bridgehead atoms. The average Bonchev–Trinajstić information content (AvgIpc) is 3.04. The standard InChI is InChI=1S/C19H27N5O4S/c1-13-8-17(29(20,26)27)10-18(15(13)3)21-19(25)12-24-6-4-23(5-7-24)11-16-9-14(2)28-22-16/h8-10H,4-7,11-12H2,1-3H3,(H,21,25)(H2,20,26,27). The Kier molecular flexibility index (Phi) is 6.37. The molecular weight excluding hydrogens is 394 g/mol. The van der Waals surface area contributed by atoms with Gasteiger partial charge in [0.1, 0.15) is 5.76 Å². The Bertz CT molecular complexity index is 994. The number of hydrogen-bond donors (Lipinski definition) is 2. The van der Waals surface area contributed by atoms with Gasteiger partial charge >= 0.3 is 0 Å². The zero-order valence-electron chi connectivity index (χ0n) is 16.9. The maximum atomic E-state index is 12.5. The molecule has 29 heavy (non-hydrogen) atoms. The summed E-state index contributed by atoms with van der Waals surface area (Å²) in [4.78, 5) is 16.9. The lowest BCUT2D eigenvalue weighted by Crippen LogP contribution is -2.48. The summed E-state index contributed by atoms with van der Waals surface area (Å²) < 4.78 is 28.4. The molecule has 1 aromatic carbocycles. The molecule has 2 heterocycles. The maximum Gasteiger partial charge on any atom is 0.238 e. The van der Waals surface area contributed by atoms with Gasteiger partial charge in [-0.15, -0.1) is 0 Å². The van der Waals surface area contributed by atoms with Gasteiger partial charge in [0.05, 0.1) is 17.1 Å². The van der Waals surface area contributed by atoms with Crippen molar-refractivity contribution in [3.63, 3.8) is 0 Å². The fraction of sp³-hybridized carbons (Fsp3) is 0.474. The summed E-state index contributed by atoms with van der Waals surface area (Å²) in [5.41, 5.74) is 2.95. The molecule has 3 rings (SSSR count). The number of carbonyl (C=O) groups is 1. The Morgan fingerprint density at radius 3 is 2.38 bits per heavy atom. The van der Waals surface area contributed by atoms with Crippen LogP contribution in [0.1, 0.15) is 22.6 Å². The van der Waals surface area contributed by atoms with Gasteiger partial charge in [0.2, 0.25) is 15.9 Å². The number of amides is 1. The first-order valence-corrected chi connectivity index (χ1v) is 11.0. The second kappa shape index (κ2) is 8.62. The second-order valence-electron chi connectivity index (χ2n) is 7.49. The van der Waals surface area contributed by atoms with Crippen molar-refractivity contribution in [3.05, 3.63) is 40.8 Å². The van der Waals surface area contributed by atoms with Gasteiger partial charge in [0.15, 0.2) is 0 Å². The Hall–Kier alpha value is -2.27. The molecule has 0 unspecified atom stereocenters. The highest BCUT2D eigenvalue weighted by atomic mass is 32.2. The molecule has 0 atom stereocenters. The van der Waals surface area contributed by atoms with Crippen molar-refractivity contribution < 1.29 is 17.7 Å². The van der Waals surface area contributed by atoms with E-state index >= 15 is 0 Å². The van der Waals surface area contributed by atoms with E-state index in [1.807, 2.05) is 19.9 Å². The summed E-state index contributed by atoms with van der Waals surface area (Å²) in [6, 6.07) is 4.85. The van der Waals surface area contributed by atoms with E-state index in [-0.39, 0.29) is 17.3 Å². The molecule has 0 aliphatic carbocycles. The number of sulfonamides is 1. The largest absolute Gasteiger partial charge is 0.361 e. The third kappa shape index (κ3) is 5.63. The number of piperazine rings is 1. The van der Waals surface area contributed by atoms with Crippen molar-refractivity contribution in [3.8, 4) is 0 Å². The van der Waals surface area contributed by atoms with Crippen molar-refractivity contribution in [2.75, 3.05) is 38.0 Å². The van der Waals surface area contributed by atoms with E-state index in [1.54, 1.807) is 6.92 Å². The quantitative estimate of drug-likeness (QED) is 0.714. The van der Waals surface area contributed by atoms with E-state index in [0.29, 0.717) is 5.69 Å². The van der Waals surface area contributed by atoms with Gasteiger partial charge in [-0.05, 0) is 44.0 Å². The second-order valence-corrected chi connectivity index (χ2v) is 9.05. The van der Waals surface area contributed by atoms with Gasteiger partial charge in [-0.25, -0.2) is 13.6 Å². The highest BCUT2D eigenvalue weighted by Crippen LogP contribution is 2.23. The molecule has 1 fully saturated rings. The fourth-order valence-corrected chi connectivity index (χ4v) is 3.96. The summed E-state index contributed by atoms with van der Waals surface area (Å²) in [7, 11) is -3.84. The highest BCUT2D eigenvalue weighted by molar-refractivity contribution is 7.89. The Morgan fingerprint density at radius 2 is 1.79 bits per heavy atom. The van der Waals surface area contributed by atoms with Gasteiger partial charge in [-0.3, -0.25) is 14.6 Å². The van der Waals surface area contributed by atoms with Crippen LogP contribution in [-0.2, 0) is 21.4 Å². The van der Waals surface area contributed by atoms with Gasteiger partial charge in [0.25, 0.3) is 0 Å². The van der Waals surface area contributed by atoms with Crippen LogP contribution in [0.15, 0.2) is 27.6 Å². The van der Waals surface area contributed by atoms with Crippen LogP contribution in [0.2, 0.25) is 0 Å². The van der Waals surface area contributed by atoms with Gasteiger partial charge in [-0.2, -0.15) is 0 Å². The minimum Gasteiger partial charge on any atom is -0.361 e. The molecule has 10 heteroatoms. The molecule has 158 valence electrons. The minimum atomic E-state index is -3.84. The fourth-order valence-electron chi connectivity index (χ4n) is 3.34. The number of nitrogens with zero attached hydrogens (tertiary/aromatic N) is 3. The molecule has 0 radical (unpaired) electrons. The zero-order chi connectivity index (χ0) is 21.2. The summed E-state index contributed by atoms with van der Waals surface area (Å²) >= 11 is 0. The van der Waals surface area contributed by atoms with Crippen LogP contribution in [-0.4, -0.2) is 62.0 Å². The average molecular weight is 422 g/mol. The predicted octanol–water partition coefficient (Wildman–Crippen LogP) is 1.00. The SMILES string of the molecule is Cc1cc(CN2CCN(CC(=O)Nc3cc(S(N)(=O)=O)cc(C)c3C)CC2)no1. The van der Waals surface area contributed by atoms with E-state index in [0.717, 1.165) is 55.3 Å². The molecule has 3 N–H and O–H groups in total. The smallest absolute Gasteiger partial charge is 0.238 e. The first-order valence-electron chi connectivity index (χ1n) is 9.42. The lowest BCUT2D eigenvalue weighted by Gasteiger charge is -2.33. The Morgan fingerprint density at radius 1 is 1.14 bits per heavy atom. The molecular formula is C19H27N5O4S. The predicted molar refractivity (Wildman–Crippen MR) is 109 cm³/mol. The van der Waals surface area contributed by atoms with Crippen molar-refractivity contribution in [1.29, 1.82) is 0 Å². The number of benzene rings is 1. The van der Waals surface area contributed by atoms with E-state index in [4.69, 9.17) is 9.66 Å². The van der Waals surface area contributed by atoms with Crippen molar-refractivity contribution in [1.82, 2.24) is 15.0 Å². The molecule has 1 aliphatic heterocycles. The van der Waals surface area contributed by atoms with Crippen molar-refractivity contribution in [2.45, 2.75) is 32.2 Å². The monoisotopic (exact) mass is 421 g/mol. The van der Waals surface area contributed by atoms with Crippen LogP contribution in [0.3, 0.4) is 0 Å². The Labute approximate surface area is 170 Å². The highest BCUT2D eigenvalue weighted by Gasteiger charge is 2.21. The number of aryl methyl sites for hydroxylation is 2. The summed E-state index contributed by atoms with van der Waals surface area (Å²) in [6.45, 7) is 9.66. The van der Waals surface area contributed by atoms with Crippen LogP contribution < -0.4 is 10.5 Å². The lowest BCUT2D eigenvalue weighted by molar-refractivity contribution is -0.117. The number of nitrogens with two attached hydrogens (primary N) is 1. The lowest BCUT2D eigenvalue weighted by atomic mass is 10.1. The summed E-state index contributed by atoms with van der Waals surface area (Å²) in [5, 5.41) is 12.1. The van der Waals surface area contributed by atoms with E-state index < -0.39 is 10.0 Å². The number of rotatable bonds is 6. The molecule has 0 spiro atoms. The molecule has 0 saturated carbocycles. The van der Waals surface area contributed by atoms with Crippen LogP contribution in [0.4, 0.5) is 5.69 Å². The molecule has 1 aliphatic rings. The van der Waals surface area contributed by atoms with E-state index in [1.165, 1.54) is 12.1 Å². The van der Waals surface area contributed by atoms with Gasteiger partial charge in [0, 0.05) is 44.5 Å².